The topological polar surface area (TPSA) is 20.3 Å². The molecule has 1 aromatic carbocycles. The summed E-state index contributed by atoms with van der Waals surface area (Å²) in [6.07, 6.45) is 1.79. The Hall–Kier alpha value is -0.970. The molecule has 0 bridgehead atoms. The first kappa shape index (κ1) is 14.4. The van der Waals surface area contributed by atoms with Crippen LogP contribution in [0.4, 0.5) is 8.78 Å². The molecule has 1 heterocycles. The maximum absolute atomic E-state index is 12.5. The Labute approximate surface area is 119 Å². The molecule has 5 heteroatoms. The first-order valence-corrected chi connectivity index (χ1v) is 7.20. The van der Waals surface area contributed by atoms with Crippen molar-refractivity contribution in [3.05, 3.63) is 35.4 Å². The molecule has 2 nitrogen and oxygen atoms in total. The highest BCUT2D eigenvalue weighted by Crippen LogP contribution is 2.28. The third-order valence-electron chi connectivity index (χ3n) is 3.28. The Morgan fingerprint density at radius 3 is 2.63 bits per heavy atom. The molecule has 0 N–H and O–H groups in total. The largest absolute Gasteiger partial charge is 0.334 e. The second kappa shape index (κ2) is 5.99. The highest BCUT2D eigenvalue weighted by Gasteiger charge is 2.26. The van der Waals surface area contributed by atoms with Gasteiger partial charge in [0, 0.05) is 25.1 Å². The number of carbonyl (C=O) groups is 1. The Morgan fingerprint density at radius 2 is 1.95 bits per heavy atom. The Balaban J connectivity index is 1.73. The average Bonchev–Trinajstić information content (AvgIpc) is 2.65. The molecule has 104 valence electrons. The highest BCUT2D eigenvalue weighted by atomic mass is 79.9. The Morgan fingerprint density at radius 1 is 1.21 bits per heavy atom. The van der Waals surface area contributed by atoms with Crippen LogP contribution in [0.2, 0.25) is 0 Å². The molecule has 2 rings (SSSR count). The lowest BCUT2D eigenvalue weighted by atomic mass is 10.1. The third-order valence-corrected chi connectivity index (χ3v) is 3.68. The van der Waals surface area contributed by atoms with Crippen LogP contribution in [0, 0.1) is 0 Å². The molecule has 0 saturated carbocycles. The minimum Gasteiger partial charge on any atom is -0.334 e. The quantitative estimate of drug-likeness (QED) is 0.565. The molecule has 0 saturated heterocycles. The van der Waals surface area contributed by atoms with Crippen LogP contribution in [0.25, 0.3) is 0 Å². The van der Waals surface area contributed by atoms with Crippen molar-refractivity contribution < 1.29 is 13.6 Å². The number of amides is 1. The van der Waals surface area contributed by atoms with Gasteiger partial charge in [-0.25, -0.2) is 0 Å². The highest BCUT2D eigenvalue weighted by molar-refractivity contribution is 9.09. The molecule has 0 atom stereocenters. The number of rotatable bonds is 6. The van der Waals surface area contributed by atoms with Crippen molar-refractivity contribution in [3.63, 3.8) is 0 Å². The molecule has 0 fully saturated rings. The Kier molecular flexibility index (Phi) is 4.55. The number of fused-ring (bicyclic) bond motifs is 1. The molecule has 1 amide bonds. The van der Waals surface area contributed by atoms with Crippen molar-refractivity contribution in [2.75, 3.05) is 6.54 Å². The lowest BCUT2D eigenvalue weighted by Gasteiger charge is -2.15. The summed E-state index contributed by atoms with van der Waals surface area (Å²) in [5.74, 6) is 0.0569. The summed E-state index contributed by atoms with van der Waals surface area (Å²) in [4.78, 5) is 11.0. The molecule has 0 aliphatic carbocycles. The van der Waals surface area contributed by atoms with Crippen LogP contribution in [0.15, 0.2) is 24.3 Å². The van der Waals surface area contributed by atoms with Crippen LogP contribution in [0.3, 0.4) is 0 Å². The van der Waals surface area contributed by atoms with Crippen LogP contribution in [0.5, 0.6) is 0 Å². The molecule has 19 heavy (non-hydrogen) atoms. The lowest BCUT2D eigenvalue weighted by molar-refractivity contribution is 0.0769. The zero-order chi connectivity index (χ0) is 13.9. The monoisotopic (exact) mass is 331 g/mol. The summed E-state index contributed by atoms with van der Waals surface area (Å²) < 4.78 is 25.1. The standard InChI is InChI=1S/C14H16BrF2NO/c15-14(16,17)8-4-1-5-9-18-10-11-6-2-3-7-12(11)13(18)19/h2-3,6-7H,1,4-5,8-10H2. The average molecular weight is 332 g/mol. The smallest absolute Gasteiger partial charge is 0.301 e. The van der Waals surface area contributed by atoms with Crippen LogP contribution >= 0.6 is 15.9 Å². The minimum atomic E-state index is -2.76. The molecule has 1 aliphatic heterocycles. The van der Waals surface area contributed by atoms with E-state index < -0.39 is 4.83 Å². The molecule has 0 spiro atoms. The van der Waals surface area contributed by atoms with Crippen molar-refractivity contribution in [1.82, 2.24) is 4.90 Å². The number of benzene rings is 1. The maximum atomic E-state index is 12.5. The molecule has 0 unspecified atom stereocenters. The van der Waals surface area contributed by atoms with Gasteiger partial charge in [-0.2, -0.15) is 8.78 Å². The van der Waals surface area contributed by atoms with E-state index in [2.05, 4.69) is 15.9 Å². The number of hydrogen-bond acceptors (Lipinski definition) is 1. The predicted octanol–water partition coefficient (Wildman–Crippen LogP) is 4.19. The summed E-state index contributed by atoms with van der Waals surface area (Å²) in [5.41, 5.74) is 1.83. The summed E-state index contributed by atoms with van der Waals surface area (Å²) >= 11 is 2.33. The fraction of sp³-hybridized carbons (Fsp3) is 0.500. The van der Waals surface area contributed by atoms with Crippen molar-refractivity contribution in [3.8, 4) is 0 Å². The minimum absolute atomic E-state index is 0.0569. The van der Waals surface area contributed by atoms with E-state index in [1.807, 2.05) is 24.3 Å². The number of alkyl halides is 3. The molecule has 1 aliphatic rings. The van der Waals surface area contributed by atoms with Crippen molar-refractivity contribution in [2.45, 2.75) is 37.1 Å². The van der Waals surface area contributed by atoms with Gasteiger partial charge in [0.1, 0.15) is 0 Å². The van der Waals surface area contributed by atoms with Gasteiger partial charge in [-0.05, 0) is 40.4 Å². The third kappa shape index (κ3) is 4.00. The van der Waals surface area contributed by atoms with Gasteiger partial charge in [0.15, 0.2) is 0 Å². The molecular weight excluding hydrogens is 316 g/mol. The zero-order valence-electron chi connectivity index (χ0n) is 10.5. The van der Waals surface area contributed by atoms with Gasteiger partial charge in [0.2, 0.25) is 0 Å². The van der Waals surface area contributed by atoms with Gasteiger partial charge in [-0.3, -0.25) is 4.79 Å². The van der Waals surface area contributed by atoms with Crippen LogP contribution in [-0.2, 0) is 6.54 Å². The molecule has 0 aromatic heterocycles. The number of hydrogen-bond donors (Lipinski definition) is 0. The number of unbranched alkanes of at least 4 members (excludes halogenated alkanes) is 2. The van der Waals surface area contributed by atoms with E-state index in [1.165, 1.54) is 0 Å². The summed E-state index contributed by atoms with van der Waals surface area (Å²) in [5, 5.41) is 0. The summed E-state index contributed by atoms with van der Waals surface area (Å²) in [6, 6.07) is 7.58. The van der Waals surface area contributed by atoms with E-state index in [4.69, 9.17) is 0 Å². The fourth-order valence-electron chi connectivity index (χ4n) is 2.30. The first-order valence-electron chi connectivity index (χ1n) is 6.41. The molecule has 1 aromatic rings. The van der Waals surface area contributed by atoms with Gasteiger partial charge in [0.05, 0.1) is 0 Å². The van der Waals surface area contributed by atoms with Gasteiger partial charge in [-0.15, -0.1) is 0 Å². The second-order valence-corrected chi connectivity index (χ2v) is 5.97. The van der Waals surface area contributed by atoms with Gasteiger partial charge >= 0.3 is 4.83 Å². The van der Waals surface area contributed by atoms with Gasteiger partial charge < -0.3 is 4.90 Å². The summed E-state index contributed by atoms with van der Waals surface area (Å²) in [6.45, 7) is 1.28. The van der Waals surface area contributed by atoms with Crippen molar-refractivity contribution in [2.24, 2.45) is 0 Å². The lowest BCUT2D eigenvalue weighted by Crippen LogP contribution is -2.25. The van der Waals surface area contributed by atoms with Crippen molar-refractivity contribution in [1.29, 1.82) is 0 Å². The number of halogens is 3. The van der Waals surface area contributed by atoms with Crippen LogP contribution < -0.4 is 0 Å². The second-order valence-electron chi connectivity index (χ2n) is 4.81. The number of carbonyl (C=O) groups excluding carboxylic acids is 1. The van der Waals surface area contributed by atoms with Gasteiger partial charge in [0.25, 0.3) is 5.91 Å². The van der Waals surface area contributed by atoms with E-state index in [0.29, 0.717) is 25.9 Å². The Bertz CT molecular complexity index is 459. The maximum Gasteiger partial charge on any atom is 0.301 e. The van der Waals surface area contributed by atoms with E-state index in [9.17, 15) is 13.6 Å². The fourth-order valence-corrected chi connectivity index (χ4v) is 2.58. The van der Waals surface area contributed by atoms with Crippen LogP contribution in [0.1, 0.15) is 41.6 Å². The van der Waals surface area contributed by atoms with E-state index in [-0.39, 0.29) is 12.3 Å². The van der Waals surface area contributed by atoms with Crippen LogP contribution in [-0.4, -0.2) is 22.2 Å². The predicted molar refractivity (Wildman–Crippen MR) is 73.5 cm³/mol. The van der Waals surface area contributed by atoms with Gasteiger partial charge in [-0.1, -0.05) is 24.6 Å². The van der Waals surface area contributed by atoms with E-state index >= 15 is 0 Å². The molecule has 0 radical (unpaired) electrons. The zero-order valence-corrected chi connectivity index (χ0v) is 12.1. The SMILES string of the molecule is O=C1c2ccccc2CN1CCCCCC(F)(F)Br. The number of nitrogens with zero attached hydrogens (tertiary/aromatic N) is 1. The van der Waals surface area contributed by atoms with E-state index in [0.717, 1.165) is 17.5 Å². The normalized spacial score (nSPS) is 14.9. The summed E-state index contributed by atoms with van der Waals surface area (Å²) in [7, 11) is 0. The molecular formula is C14H16BrF2NO. The first-order chi connectivity index (χ1) is 8.97. The van der Waals surface area contributed by atoms with Crippen molar-refractivity contribution >= 4 is 21.8 Å². The van der Waals surface area contributed by atoms with E-state index in [1.54, 1.807) is 4.90 Å².